The van der Waals surface area contributed by atoms with Gasteiger partial charge in [-0.3, -0.25) is 4.79 Å². The molecule has 0 saturated heterocycles. The van der Waals surface area contributed by atoms with Crippen molar-refractivity contribution < 1.29 is 4.79 Å². The van der Waals surface area contributed by atoms with Crippen LogP contribution in [0, 0.1) is 0 Å². The van der Waals surface area contributed by atoms with Gasteiger partial charge in [0.25, 0.3) is 0 Å². The Bertz CT molecular complexity index is 1420. The second-order valence-electron chi connectivity index (χ2n) is 6.83. The molecule has 29 heavy (non-hydrogen) atoms. The van der Waals surface area contributed by atoms with Crippen molar-refractivity contribution in [3.63, 3.8) is 0 Å². The van der Waals surface area contributed by atoms with Gasteiger partial charge in [0.1, 0.15) is 5.69 Å². The zero-order chi connectivity index (χ0) is 19.5. The lowest BCUT2D eigenvalue weighted by Crippen LogP contribution is -2.00. The predicted molar refractivity (Wildman–Crippen MR) is 119 cm³/mol. The van der Waals surface area contributed by atoms with E-state index >= 15 is 0 Å². The molecule has 6 rings (SSSR count). The number of carbonyl (C=O) groups excluding carboxylic acids is 1. The number of thiazole rings is 1. The smallest absolute Gasteiger partial charge is 0.212 e. The number of hydrogen-bond donors (Lipinski definition) is 0. The van der Waals surface area contributed by atoms with E-state index in [9.17, 15) is 4.79 Å². The molecule has 1 aliphatic carbocycles. The molecule has 0 aliphatic heterocycles. The van der Waals surface area contributed by atoms with Gasteiger partial charge in [-0.05, 0) is 24.3 Å². The molecule has 0 saturated carbocycles. The van der Waals surface area contributed by atoms with Crippen molar-refractivity contribution in [1.82, 2.24) is 14.8 Å². The minimum absolute atomic E-state index is 0.0120. The quantitative estimate of drug-likeness (QED) is 0.314. The molecule has 0 fully saturated rings. The van der Waals surface area contributed by atoms with Crippen LogP contribution in [0.3, 0.4) is 0 Å². The van der Waals surface area contributed by atoms with Gasteiger partial charge in [-0.25, -0.2) is 9.67 Å². The molecule has 0 radical (unpaired) electrons. The van der Waals surface area contributed by atoms with Crippen LogP contribution in [0.4, 0.5) is 0 Å². The number of rotatable bonds is 2. The largest absolute Gasteiger partial charge is 0.288 e. The summed E-state index contributed by atoms with van der Waals surface area (Å²) in [5.41, 5.74) is 5.59. The van der Waals surface area contributed by atoms with Crippen LogP contribution >= 0.6 is 27.3 Å². The number of aromatic nitrogens is 3. The van der Waals surface area contributed by atoms with Crippen molar-refractivity contribution >= 4 is 43.3 Å². The van der Waals surface area contributed by atoms with Crippen molar-refractivity contribution in [3.05, 3.63) is 88.4 Å². The third-order valence-electron chi connectivity index (χ3n) is 5.10. The molecule has 138 valence electrons. The number of benzene rings is 3. The third kappa shape index (κ3) is 2.46. The SMILES string of the molecule is O=C1c2ccccc2-c2c1c(-c1cccc(Br)c1)nn2-c1nc2ccccc2s1. The second kappa shape index (κ2) is 6.20. The number of para-hydroxylation sites is 1. The van der Waals surface area contributed by atoms with E-state index in [2.05, 4.69) is 22.0 Å². The minimum atomic E-state index is 0.0120. The molecule has 0 bridgehead atoms. The van der Waals surface area contributed by atoms with Crippen LogP contribution in [0.25, 0.3) is 37.9 Å². The summed E-state index contributed by atoms with van der Waals surface area (Å²) >= 11 is 5.10. The van der Waals surface area contributed by atoms with Crippen LogP contribution in [0.5, 0.6) is 0 Å². The van der Waals surface area contributed by atoms with Gasteiger partial charge < -0.3 is 0 Å². The Morgan fingerprint density at radius 3 is 2.52 bits per heavy atom. The van der Waals surface area contributed by atoms with Gasteiger partial charge in [-0.1, -0.05) is 75.8 Å². The highest BCUT2D eigenvalue weighted by Gasteiger charge is 2.35. The lowest BCUT2D eigenvalue weighted by Gasteiger charge is -2.03. The van der Waals surface area contributed by atoms with Gasteiger partial charge in [0, 0.05) is 21.2 Å². The lowest BCUT2D eigenvalue weighted by atomic mass is 10.0. The summed E-state index contributed by atoms with van der Waals surface area (Å²) in [6.07, 6.45) is 0. The molecule has 3 aromatic carbocycles. The molecule has 0 atom stereocenters. The van der Waals surface area contributed by atoms with Crippen molar-refractivity contribution in [3.8, 4) is 27.6 Å². The molecular formula is C23H12BrN3OS. The van der Waals surface area contributed by atoms with E-state index in [-0.39, 0.29) is 5.78 Å². The van der Waals surface area contributed by atoms with Gasteiger partial charge in [0.2, 0.25) is 5.13 Å². The first kappa shape index (κ1) is 16.8. The summed E-state index contributed by atoms with van der Waals surface area (Å²) in [5.74, 6) is 0.0120. The molecule has 5 aromatic rings. The van der Waals surface area contributed by atoms with Gasteiger partial charge in [-0.15, -0.1) is 0 Å². The number of ketones is 1. The maximum Gasteiger partial charge on any atom is 0.212 e. The zero-order valence-corrected chi connectivity index (χ0v) is 17.4. The Balaban J connectivity index is 1.68. The van der Waals surface area contributed by atoms with Crippen LogP contribution in [0.1, 0.15) is 15.9 Å². The molecular weight excluding hydrogens is 446 g/mol. The Morgan fingerprint density at radius 1 is 0.897 bits per heavy atom. The Hall–Kier alpha value is -3.09. The number of nitrogens with zero attached hydrogens (tertiary/aromatic N) is 3. The van der Waals surface area contributed by atoms with Crippen LogP contribution in [-0.2, 0) is 0 Å². The topological polar surface area (TPSA) is 47.8 Å². The number of hydrogen-bond acceptors (Lipinski definition) is 4. The average molecular weight is 458 g/mol. The Morgan fingerprint density at radius 2 is 1.69 bits per heavy atom. The van der Waals surface area contributed by atoms with Crippen molar-refractivity contribution in [1.29, 1.82) is 0 Å². The first-order chi connectivity index (χ1) is 14.2. The molecule has 1 aliphatic rings. The standard InChI is InChI=1S/C23H12BrN3OS/c24-14-7-5-6-13(12-14)20-19-21(15-8-1-2-9-16(15)22(19)28)27(26-20)23-25-17-10-3-4-11-18(17)29-23/h1-12H. The average Bonchev–Trinajstić information content (AvgIpc) is 3.41. The van der Waals surface area contributed by atoms with Crippen LogP contribution < -0.4 is 0 Å². The fourth-order valence-electron chi connectivity index (χ4n) is 3.83. The fraction of sp³-hybridized carbons (Fsp3) is 0. The first-order valence-corrected chi connectivity index (χ1v) is 10.7. The molecule has 2 heterocycles. The maximum absolute atomic E-state index is 13.3. The van der Waals surface area contributed by atoms with Gasteiger partial charge in [0.15, 0.2) is 5.78 Å². The summed E-state index contributed by atoms with van der Waals surface area (Å²) in [6.45, 7) is 0. The third-order valence-corrected chi connectivity index (χ3v) is 6.61. The van der Waals surface area contributed by atoms with Crippen molar-refractivity contribution in [2.45, 2.75) is 0 Å². The molecule has 2 aromatic heterocycles. The zero-order valence-electron chi connectivity index (χ0n) is 15.0. The minimum Gasteiger partial charge on any atom is -0.288 e. The fourth-order valence-corrected chi connectivity index (χ4v) is 5.15. The summed E-state index contributed by atoms with van der Waals surface area (Å²) in [7, 11) is 0. The molecule has 0 unspecified atom stereocenters. The molecule has 6 heteroatoms. The summed E-state index contributed by atoms with van der Waals surface area (Å²) in [6, 6.07) is 23.6. The normalized spacial score (nSPS) is 12.4. The molecule has 0 N–H and O–H groups in total. The molecule has 0 spiro atoms. The van der Waals surface area contributed by atoms with E-state index in [4.69, 9.17) is 10.1 Å². The molecule has 4 nitrogen and oxygen atoms in total. The van der Waals surface area contributed by atoms with Crippen LogP contribution in [0.2, 0.25) is 0 Å². The predicted octanol–water partition coefficient (Wildman–Crippen LogP) is 6.12. The highest BCUT2D eigenvalue weighted by molar-refractivity contribution is 9.10. The van der Waals surface area contributed by atoms with E-state index in [0.717, 1.165) is 36.6 Å². The van der Waals surface area contributed by atoms with Crippen LogP contribution in [-0.4, -0.2) is 20.5 Å². The monoisotopic (exact) mass is 457 g/mol. The second-order valence-corrected chi connectivity index (χ2v) is 8.76. The van der Waals surface area contributed by atoms with Crippen molar-refractivity contribution in [2.24, 2.45) is 0 Å². The van der Waals surface area contributed by atoms with Gasteiger partial charge in [-0.2, -0.15) is 5.10 Å². The maximum atomic E-state index is 13.3. The first-order valence-electron chi connectivity index (χ1n) is 9.10. The highest BCUT2D eigenvalue weighted by Crippen LogP contribution is 2.43. The van der Waals surface area contributed by atoms with E-state index < -0.39 is 0 Å². The van der Waals surface area contributed by atoms with Crippen LogP contribution in [0.15, 0.2) is 77.3 Å². The van der Waals surface area contributed by atoms with E-state index in [1.807, 2.05) is 71.4 Å². The number of carbonyl (C=O) groups is 1. The number of halogens is 1. The number of fused-ring (bicyclic) bond motifs is 4. The Labute approximate surface area is 178 Å². The van der Waals surface area contributed by atoms with Gasteiger partial charge in [0.05, 0.1) is 21.5 Å². The van der Waals surface area contributed by atoms with Crippen molar-refractivity contribution in [2.75, 3.05) is 0 Å². The summed E-state index contributed by atoms with van der Waals surface area (Å²) < 4.78 is 3.87. The Kier molecular flexibility index (Phi) is 3.60. The highest BCUT2D eigenvalue weighted by atomic mass is 79.9. The summed E-state index contributed by atoms with van der Waals surface area (Å²) in [4.78, 5) is 18.1. The van der Waals surface area contributed by atoms with E-state index in [0.29, 0.717) is 16.8 Å². The summed E-state index contributed by atoms with van der Waals surface area (Å²) in [5, 5.41) is 5.64. The van der Waals surface area contributed by atoms with Gasteiger partial charge >= 0.3 is 0 Å². The van der Waals surface area contributed by atoms with E-state index in [1.165, 1.54) is 0 Å². The molecule has 0 amide bonds. The van der Waals surface area contributed by atoms with E-state index in [1.54, 1.807) is 11.3 Å². The lowest BCUT2D eigenvalue weighted by molar-refractivity contribution is 0.104.